The maximum absolute atomic E-state index is 12.3. The maximum Gasteiger partial charge on any atom is 0.414 e. The number of carbonyl (C=O) groups excluding carboxylic acids is 1. The van der Waals surface area contributed by atoms with Gasteiger partial charge in [0.1, 0.15) is 11.9 Å². The summed E-state index contributed by atoms with van der Waals surface area (Å²) in [5.74, 6) is 1.48. The Kier molecular flexibility index (Phi) is 5.90. The van der Waals surface area contributed by atoms with E-state index in [0.29, 0.717) is 12.5 Å². The highest BCUT2D eigenvalue weighted by atomic mass is 16.6. The lowest BCUT2D eigenvalue weighted by Gasteiger charge is -2.33. The van der Waals surface area contributed by atoms with Crippen LogP contribution in [-0.4, -0.2) is 50.4 Å². The van der Waals surface area contributed by atoms with Gasteiger partial charge in [-0.2, -0.15) is 0 Å². The van der Waals surface area contributed by atoms with Gasteiger partial charge in [-0.1, -0.05) is 12.1 Å². The number of nitrogens with two attached hydrogens (primary N) is 1. The van der Waals surface area contributed by atoms with E-state index in [1.807, 2.05) is 36.4 Å². The topological polar surface area (TPSA) is 68.0 Å². The molecule has 2 heterocycles. The van der Waals surface area contributed by atoms with Crippen molar-refractivity contribution in [2.45, 2.75) is 25.4 Å². The van der Waals surface area contributed by atoms with Gasteiger partial charge in [0.2, 0.25) is 0 Å². The lowest BCUT2D eigenvalue weighted by Crippen LogP contribution is -2.40. The van der Waals surface area contributed by atoms with Crippen molar-refractivity contribution >= 4 is 17.5 Å². The molecule has 2 N–H and O–H groups in total. The summed E-state index contributed by atoms with van der Waals surface area (Å²) < 4.78 is 10.8. The Morgan fingerprint density at radius 3 is 2.41 bits per heavy atom. The molecule has 0 unspecified atom stereocenters. The van der Waals surface area contributed by atoms with E-state index in [-0.39, 0.29) is 12.2 Å². The second-order valence-electron chi connectivity index (χ2n) is 8.00. The molecule has 4 rings (SSSR count). The lowest BCUT2D eigenvalue weighted by atomic mass is 9.90. The highest BCUT2D eigenvalue weighted by molar-refractivity contribution is 5.89. The largest absolute Gasteiger partial charge is 0.497 e. The normalized spacial score (nSPS) is 20.7. The minimum Gasteiger partial charge on any atom is -0.497 e. The molecular weight excluding hydrogens is 366 g/mol. The molecule has 1 atom stereocenters. The molecule has 6 heteroatoms. The van der Waals surface area contributed by atoms with Gasteiger partial charge < -0.3 is 15.2 Å². The first kappa shape index (κ1) is 19.6. The number of hydrogen-bond donors (Lipinski definition) is 1. The van der Waals surface area contributed by atoms with Crippen LogP contribution in [0.2, 0.25) is 0 Å². The van der Waals surface area contributed by atoms with Gasteiger partial charge in [-0.25, -0.2) is 4.79 Å². The quantitative estimate of drug-likeness (QED) is 0.758. The average Bonchev–Trinajstić information content (AvgIpc) is 3.11. The van der Waals surface area contributed by atoms with Crippen molar-refractivity contribution in [2.24, 2.45) is 5.92 Å². The Morgan fingerprint density at radius 1 is 1.07 bits per heavy atom. The van der Waals surface area contributed by atoms with Crippen molar-refractivity contribution in [2.75, 3.05) is 43.9 Å². The van der Waals surface area contributed by atoms with E-state index in [1.54, 1.807) is 12.0 Å². The van der Waals surface area contributed by atoms with Crippen LogP contribution in [0.15, 0.2) is 48.5 Å². The van der Waals surface area contributed by atoms with Gasteiger partial charge in [0.15, 0.2) is 0 Å². The Morgan fingerprint density at radius 2 is 1.76 bits per heavy atom. The molecule has 2 aliphatic heterocycles. The first-order valence-corrected chi connectivity index (χ1v) is 10.3. The number of carbonyl (C=O) groups is 1. The monoisotopic (exact) mass is 395 g/mol. The van der Waals surface area contributed by atoms with Crippen LogP contribution < -0.4 is 15.4 Å². The number of ether oxygens (including phenoxy) is 2. The summed E-state index contributed by atoms with van der Waals surface area (Å²) in [6.07, 6.45) is 3.11. The van der Waals surface area contributed by atoms with Crippen LogP contribution in [0, 0.1) is 5.92 Å². The molecule has 0 radical (unpaired) electrons. The Bertz CT molecular complexity index is 814. The second kappa shape index (κ2) is 8.74. The van der Waals surface area contributed by atoms with E-state index in [4.69, 9.17) is 15.2 Å². The van der Waals surface area contributed by atoms with Crippen LogP contribution in [-0.2, 0) is 11.2 Å². The smallest absolute Gasteiger partial charge is 0.414 e. The van der Waals surface area contributed by atoms with Gasteiger partial charge in [-0.05, 0) is 80.2 Å². The average molecular weight is 396 g/mol. The van der Waals surface area contributed by atoms with Crippen LogP contribution in [0.5, 0.6) is 5.75 Å². The number of nitrogen functional groups attached to an aromatic ring is 1. The van der Waals surface area contributed by atoms with E-state index in [1.165, 1.54) is 18.4 Å². The van der Waals surface area contributed by atoms with Gasteiger partial charge in [-0.15, -0.1) is 0 Å². The lowest BCUT2D eigenvalue weighted by molar-refractivity contribution is 0.0914. The summed E-state index contributed by atoms with van der Waals surface area (Å²) in [5, 5.41) is 0. The standard InChI is InChI=1S/C23H29N3O3/c1-28-21-8-6-20(7-9-21)26-16-22(29-23(26)27)15-25-12-10-18(11-13-25)14-17-2-4-19(24)5-3-17/h2-9,18,22H,10-16,24H2,1H3/t22-/m0/s1. The summed E-state index contributed by atoms with van der Waals surface area (Å²) in [4.78, 5) is 16.4. The fourth-order valence-electron chi connectivity index (χ4n) is 4.24. The van der Waals surface area contributed by atoms with Crippen molar-refractivity contribution in [3.63, 3.8) is 0 Å². The van der Waals surface area contributed by atoms with Gasteiger partial charge in [0, 0.05) is 17.9 Å². The zero-order chi connectivity index (χ0) is 20.2. The zero-order valence-corrected chi connectivity index (χ0v) is 16.9. The number of nitrogens with zero attached hydrogens (tertiary/aromatic N) is 2. The number of methoxy groups -OCH3 is 1. The van der Waals surface area contributed by atoms with E-state index in [9.17, 15) is 4.79 Å². The SMILES string of the molecule is COc1ccc(N2C[C@H](CN3CCC(Cc4ccc(N)cc4)CC3)OC2=O)cc1. The Balaban J connectivity index is 1.25. The molecule has 29 heavy (non-hydrogen) atoms. The third-order valence-corrected chi connectivity index (χ3v) is 5.93. The molecule has 0 spiro atoms. The van der Waals surface area contributed by atoms with E-state index in [2.05, 4.69) is 17.0 Å². The predicted octanol–water partition coefficient (Wildman–Crippen LogP) is 3.56. The summed E-state index contributed by atoms with van der Waals surface area (Å²) in [5.41, 5.74) is 8.80. The highest BCUT2D eigenvalue weighted by Crippen LogP contribution is 2.26. The molecule has 2 fully saturated rings. The minimum atomic E-state index is -0.265. The van der Waals surface area contributed by atoms with Gasteiger partial charge in [0.05, 0.1) is 13.7 Å². The van der Waals surface area contributed by atoms with E-state index >= 15 is 0 Å². The number of rotatable bonds is 6. The number of piperidine rings is 1. The van der Waals surface area contributed by atoms with E-state index < -0.39 is 0 Å². The first-order chi connectivity index (χ1) is 14.1. The molecule has 2 aliphatic rings. The Labute approximate surface area is 172 Å². The van der Waals surface area contributed by atoms with Gasteiger partial charge >= 0.3 is 6.09 Å². The summed E-state index contributed by atoms with van der Waals surface area (Å²) >= 11 is 0. The van der Waals surface area contributed by atoms with Crippen LogP contribution in [0.3, 0.4) is 0 Å². The zero-order valence-electron chi connectivity index (χ0n) is 16.9. The molecule has 6 nitrogen and oxygen atoms in total. The molecule has 0 bridgehead atoms. The number of hydrogen-bond acceptors (Lipinski definition) is 5. The predicted molar refractivity (Wildman–Crippen MR) is 114 cm³/mol. The summed E-state index contributed by atoms with van der Waals surface area (Å²) in [6, 6.07) is 15.7. The fraction of sp³-hybridized carbons (Fsp3) is 0.435. The van der Waals surface area contributed by atoms with Crippen molar-refractivity contribution < 1.29 is 14.3 Å². The van der Waals surface area contributed by atoms with Gasteiger partial charge in [-0.3, -0.25) is 9.80 Å². The van der Waals surface area contributed by atoms with Crippen LogP contribution >= 0.6 is 0 Å². The molecule has 1 amide bonds. The van der Waals surface area contributed by atoms with Gasteiger partial charge in [0.25, 0.3) is 0 Å². The third kappa shape index (κ3) is 4.82. The van der Waals surface area contributed by atoms with Crippen LogP contribution in [0.4, 0.5) is 16.2 Å². The number of benzene rings is 2. The molecule has 2 saturated heterocycles. The molecular formula is C23H29N3O3. The second-order valence-corrected chi connectivity index (χ2v) is 8.00. The summed E-state index contributed by atoms with van der Waals surface area (Å²) in [6.45, 7) is 3.50. The molecule has 2 aromatic rings. The fourth-order valence-corrected chi connectivity index (χ4v) is 4.24. The van der Waals surface area contributed by atoms with E-state index in [0.717, 1.165) is 43.2 Å². The molecule has 154 valence electrons. The highest BCUT2D eigenvalue weighted by Gasteiger charge is 2.34. The molecule has 2 aromatic carbocycles. The number of anilines is 2. The van der Waals surface area contributed by atoms with Crippen molar-refractivity contribution in [1.82, 2.24) is 4.90 Å². The Hall–Kier alpha value is -2.73. The maximum atomic E-state index is 12.3. The van der Waals surface area contributed by atoms with Crippen molar-refractivity contribution in [3.05, 3.63) is 54.1 Å². The van der Waals surface area contributed by atoms with Crippen molar-refractivity contribution in [3.8, 4) is 5.75 Å². The number of amides is 1. The van der Waals surface area contributed by atoms with Crippen LogP contribution in [0.1, 0.15) is 18.4 Å². The molecule has 0 saturated carbocycles. The number of likely N-dealkylation sites (tertiary alicyclic amines) is 1. The first-order valence-electron chi connectivity index (χ1n) is 10.3. The third-order valence-electron chi connectivity index (χ3n) is 5.93. The molecule has 0 aromatic heterocycles. The van der Waals surface area contributed by atoms with Crippen molar-refractivity contribution in [1.29, 1.82) is 0 Å². The molecule has 0 aliphatic carbocycles. The minimum absolute atomic E-state index is 0.0850. The van der Waals surface area contributed by atoms with Crippen LogP contribution in [0.25, 0.3) is 0 Å². The number of cyclic esters (lactones) is 1. The summed E-state index contributed by atoms with van der Waals surface area (Å²) in [7, 11) is 1.63.